The maximum Gasteiger partial charge on any atom is 0.337 e. The maximum atomic E-state index is 13.3. The third-order valence-corrected chi connectivity index (χ3v) is 6.76. The molecule has 0 saturated carbocycles. The predicted octanol–water partition coefficient (Wildman–Crippen LogP) is 3.02. The van der Waals surface area contributed by atoms with Crippen molar-refractivity contribution < 1.29 is 27.4 Å². The van der Waals surface area contributed by atoms with E-state index < -0.39 is 16.0 Å². The molecule has 0 bridgehead atoms. The first-order valence-electron chi connectivity index (χ1n) is 8.84. The molecule has 1 aliphatic heterocycles. The van der Waals surface area contributed by atoms with Crippen molar-refractivity contribution in [2.75, 3.05) is 27.9 Å². The molecule has 0 amide bonds. The number of sulfonamides is 1. The highest BCUT2D eigenvalue weighted by Gasteiger charge is 2.36. The lowest BCUT2D eigenvalue weighted by atomic mass is 10.0. The van der Waals surface area contributed by atoms with Crippen LogP contribution in [-0.4, -0.2) is 46.6 Å². The van der Waals surface area contributed by atoms with Crippen molar-refractivity contribution in [1.29, 1.82) is 0 Å². The Balaban J connectivity index is 1.97. The zero-order chi connectivity index (χ0) is 20.3. The van der Waals surface area contributed by atoms with Crippen LogP contribution in [0.2, 0.25) is 0 Å². The van der Waals surface area contributed by atoms with Crippen molar-refractivity contribution in [3.8, 4) is 11.5 Å². The van der Waals surface area contributed by atoms with Gasteiger partial charge in [0.2, 0.25) is 10.0 Å². The summed E-state index contributed by atoms with van der Waals surface area (Å²) in [5.74, 6) is 0.566. The number of benzene rings is 2. The summed E-state index contributed by atoms with van der Waals surface area (Å²) < 4.78 is 43.3. The van der Waals surface area contributed by atoms with Crippen LogP contribution in [0.4, 0.5) is 0 Å². The van der Waals surface area contributed by atoms with Gasteiger partial charge in [0.05, 0.1) is 37.8 Å². The van der Waals surface area contributed by atoms with Crippen LogP contribution in [0.15, 0.2) is 47.4 Å². The van der Waals surface area contributed by atoms with Crippen molar-refractivity contribution in [3.63, 3.8) is 0 Å². The minimum atomic E-state index is -3.78. The van der Waals surface area contributed by atoms with E-state index in [4.69, 9.17) is 14.2 Å². The molecule has 0 aliphatic carbocycles. The molecule has 2 aromatic carbocycles. The molecule has 1 aliphatic rings. The van der Waals surface area contributed by atoms with Crippen LogP contribution < -0.4 is 9.47 Å². The molecular formula is C20H23NO6S. The summed E-state index contributed by atoms with van der Waals surface area (Å²) in [5, 5.41) is 0. The molecule has 3 rings (SSSR count). The lowest BCUT2D eigenvalue weighted by Gasteiger charge is -2.25. The van der Waals surface area contributed by atoms with Gasteiger partial charge in [0, 0.05) is 6.54 Å². The lowest BCUT2D eigenvalue weighted by molar-refractivity contribution is 0.0600. The standard InChI is InChI=1S/C20H23NO6S/c1-25-18-10-9-14(13-19(18)26-2)17-8-5-11-21(17)28(23,24)16-7-4-6-15(12-16)20(22)27-3/h4,6-7,9-10,12-13,17H,5,8,11H2,1-3H3. The van der Waals surface area contributed by atoms with Crippen LogP contribution in [0.5, 0.6) is 11.5 Å². The van der Waals surface area contributed by atoms with Crippen LogP contribution in [0.1, 0.15) is 34.8 Å². The van der Waals surface area contributed by atoms with Gasteiger partial charge in [-0.3, -0.25) is 0 Å². The van der Waals surface area contributed by atoms with E-state index >= 15 is 0 Å². The normalized spacial score (nSPS) is 17.3. The Morgan fingerprint density at radius 3 is 2.46 bits per heavy atom. The van der Waals surface area contributed by atoms with E-state index in [1.165, 1.54) is 29.6 Å². The largest absolute Gasteiger partial charge is 0.493 e. The minimum absolute atomic E-state index is 0.0720. The molecule has 8 heteroatoms. The zero-order valence-electron chi connectivity index (χ0n) is 16.0. The van der Waals surface area contributed by atoms with Gasteiger partial charge >= 0.3 is 5.97 Å². The lowest BCUT2D eigenvalue weighted by Crippen LogP contribution is -2.30. The smallest absolute Gasteiger partial charge is 0.337 e. The van der Waals surface area contributed by atoms with Gasteiger partial charge in [0.25, 0.3) is 0 Å². The molecule has 1 saturated heterocycles. The fourth-order valence-electron chi connectivity index (χ4n) is 3.46. The van der Waals surface area contributed by atoms with Gasteiger partial charge in [-0.1, -0.05) is 12.1 Å². The molecule has 1 heterocycles. The Hall–Kier alpha value is -2.58. The van der Waals surface area contributed by atoms with Crippen LogP contribution in [0, 0.1) is 0 Å². The maximum absolute atomic E-state index is 13.3. The van der Waals surface area contributed by atoms with Crippen LogP contribution in [0.25, 0.3) is 0 Å². The zero-order valence-corrected chi connectivity index (χ0v) is 16.9. The first-order chi connectivity index (χ1) is 13.4. The Bertz CT molecular complexity index is 972. The molecule has 1 fully saturated rings. The summed E-state index contributed by atoms with van der Waals surface area (Å²) in [6, 6.07) is 11.0. The SMILES string of the molecule is COC(=O)c1cccc(S(=O)(=O)N2CCCC2c2ccc(OC)c(OC)c2)c1. The number of ether oxygens (including phenoxy) is 3. The van der Waals surface area contributed by atoms with Gasteiger partial charge in [-0.2, -0.15) is 4.31 Å². The molecule has 1 unspecified atom stereocenters. The number of esters is 1. The van der Waals surface area contributed by atoms with E-state index in [1.54, 1.807) is 26.4 Å². The first-order valence-corrected chi connectivity index (χ1v) is 10.3. The second kappa shape index (κ2) is 8.20. The summed E-state index contributed by atoms with van der Waals surface area (Å²) >= 11 is 0. The van der Waals surface area contributed by atoms with Crippen LogP contribution in [-0.2, 0) is 14.8 Å². The van der Waals surface area contributed by atoms with E-state index in [0.717, 1.165) is 12.0 Å². The highest BCUT2D eigenvalue weighted by atomic mass is 32.2. The number of rotatable bonds is 6. The van der Waals surface area contributed by atoms with E-state index in [0.29, 0.717) is 24.5 Å². The highest BCUT2D eigenvalue weighted by Crippen LogP contribution is 2.39. The molecule has 28 heavy (non-hydrogen) atoms. The molecule has 150 valence electrons. The summed E-state index contributed by atoms with van der Waals surface area (Å²) in [6.07, 6.45) is 1.44. The van der Waals surface area contributed by atoms with Gasteiger partial charge in [-0.15, -0.1) is 0 Å². The molecular weight excluding hydrogens is 382 g/mol. The van der Waals surface area contributed by atoms with Crippen LogP contribution >= 0.6 is 0 Å². The van der Waals surface area contributed by atoms with Gasteiger partial charge in [0.15, 0.2) is 11.5 Å². The average Bonchev–Trinajstić information content (AvgIpc) is 3.23. The van der Waals surface area contributed by atoms with E-state index in [-0.39, 0.29) is 16.5 Å². The number of methoxy groups -OCH3 is 3. The van der Waals surface area contributed by atoms with Gasteiger partial charge < -0.3 is 14.2 Å². The summed E-state index contributed by atoms with van der Waals surface area (Å²) in [4.78, 5) is 11.8. The molecule has 2 aromatic rings. The molecule has 1 atom stereocenters. The number of hydrogen-bond acceptors (Lipinski definition) is 6. The van der Waals surface area contributed by atoms with E-state index in [1.807, 2.05) is 12.1 Å². The molecule has 0 aromatic heterocycles. The summed E-state index contributed by atoms with van der Waals surface area (Å²) in [6.45, 7) is 0.407. The number of nitrogens with zero attached hydrogens (tertiary/aromatic N) is 1. The second-order valence-electron chi connectivity index (χ2n) is 6.41. The molecule has 0 radical (unpaired) electrons. The van der Waals surface area contributed by atoms with Crippen LogP contribution in [0.3, 0.4) is 0 Å². The summed E-state index contributed by atoms with van der Waals surface area (Å²) in [7, 11) is 0.577. The molecule has 0 N–H and O–H groups in total. The van der Waals surface area contributed by atoms with Gasteiger partial charge in [-0.25, -0.2) is 13.2 Å². The van der Waals surface area contributed by atoms with Crippen molar-refractivity contribution in [3.05, 3.63) is 53.6 Å². The quantitative estimate of drug-likeness (QED) is 0.687. The van der Waals surface area contributed by atoms with Gasteiger partial charge in [0.1, 0.15) is 0 Å². The number of hydrogen-bond donors (Lipinski definition) is 0. The fraction of sp³-hybridized carbons (Fsp3) is 0.350. The Kier molecular flexibility index (Phi) is 5.90. The fourth-order valence-corrected chi connectivity index (χ4v) is 5.19. The predicted molar refractivity (Wildman–Crippen MR) is 103 cm³/mol. The van der Waals surface area contributed by atoms with Crippen molar-refractivity contribution in [1.82, 2.24) is 4.31 Å². The van der Waals surface area contributed by atoms with Crippen molar-refractivity contribution >= 4 is 16.0 Å². The average molecular weight is 405 g/mol. The molecule has 7 nitrogen and oxygen atoms in total. The molecule has 0 spiro atoms. The Labute approximate surface area is 164 Å². The Morgan fingerprint density at radius 2 is 1.79 bits per heavy atom. The second-order valence-corrected chi connectivity index (χ2v) is 8.30. The third kappa shape index (κ3) is 3.70. The van der Waals surface area contributed by atoms with Gasteiger partial charge in [-0.05, 0) is 48.7 Å². The topological polar surface area (TPSA) is 82.1 Å². The Morgan fingerprint density at radius 1 is 1.04 bits per heavy atom. The van der Waals surface area contributed by atoms with E-state index in [2.05, 4.69) is 0 Å². The first kappa shape index (κ1) is 20.2. The monoisotopic (exact) mass is 405 g/mol. The van der Waals surface area contributed by atoms with E-state index in [9.17, 15) is 13.2 Å². The highest BCUT2D eigenvalue weighted by molar-refractivity contribution is 7.89. The number of carbonyl (C=O) groups excluding carboxylic acids is 1. The summed E-state index contributed by atoms with van der Waals surface area (Å²) in [5.41, 5.74) is 1.04. The third-order valence-electron chi connectivity index (χ3n) is 4.86. The minimum Gasteiger partial charge on any atom is -0.493 e. The van der Waals surface area contributed by atoms with Crippen molar-refractivity contribution in [2.24, 2.45) is 0 Å². The number of carbonyl (C=O) groups is 1. The van der Waals surface area contributed by atoms with Crippen molar-refractivity contribution in [2.45, 2.75) is 23.8 Å².